The standard InChI is InChI=1S/C18H21N5O4/c1-12-4-3-5-16(20-12)22-8-6-14(7-9-22)21-17-15(23(25)26)10-13(11-19-17)18(24)27-2/h3-5,10-11,14H,6-9H2,1-2H3,(H,19,21). The molecule has 0 bridgehead atoms. The molecule has 3 rings (SSSR count). The summed E-state index contributed by atoms with van der Waals surface area (Å²) >= 11 is 0. The van der Waals surface area contributed by atoms with E-state index in [9.17, 15) is 14.9 Å². The number of aromatic nitrogens is 2. The van der Waals surface area contributed by atoms with Gasteiger partial charge in [-0.15, -0.1) is 0 Å². The van der Waals surface area contributed by atoms with Gasteiger partial charge in [0.15, 0.2) is 0 Å². The summed E-state index contributed by atoms with van der Waals surface area (Å²) in [4.78, 5) is 33.2. The van der Waals surface area contributed by atoms with Crippen LogP contribution in [-0.2, 0) is 4.74 Å². The molecule has 1 saturated heterocycles. The number of ether oxygens (including phenoxy) is 1. The van der Waals surface area contributed by atoms with Gasteiger partial charge in [0.2, 0.25) is 5.82 Å². The number of rotatable bonds is 5. The van der Waals surface area contributed by atoms with E-state index in [1.807, 2.05) is 25.1 Å². The van der Waals surface area contributed by atoms with Crippen molar-refractivity contribution < 1.29 is 14.5 Å². The van der Waals surface area contributed by atoms with Crippen LogP contribution in [0.15, 0.2) is 30.5 Å². The molecular weight excluding hydrogens is 350 g/mol. The zero-order valence-corrected chi connectivity index (χ0v) is 15.2. The summed E-state index contributed by atoms with van der Waals surface area (Å²) in [7, 11) is 1.22. The molecule has 27 heavy (non-hydrogen) atoms. The molecule has 2 aromatic heterocycles. The van der Waals surface area contributed by atoms with Crippen molar-refractivity contribution in [2.75, 3.05) is 30.4 Å². The number of esters is 1. The van der Waals surface area contributed by atoms with E-state index >= 15 is 0 Å². The van der Waals surface area contributed by atoms with Crippen molar-refractivity contribution in [2.45, 2.75) is 25.8 Å². The summed E-state index contributed by atoms with van der Waals surface area (Å²) in [5, 5.41) is 14.5. The number of aryl methyl sites for hydroxylation is 1. The van der Waals surface area contributed by atoms with Crippen LogP contribution < -0.4 is 10.2 Å². The van der Waals surface area contributed by atoms with Gasteiger partial charge < -0.3 is 15.0 Å². The smallest absolute Gasteiger partial charge is 0.339 e. The van der Waals surface area contributed by atoms with Gasteiger partial charge in [-0.2, -0.15) is 0 Å². The van der Waals surface area contributed by atoms with Crippen LogP contribution in [0.5, 0.6) is 0 Å². The van der Waals surface area contributed by atoms with Crippen molar-refractivity contribution in [2.24, 2.45) is 0 Å². The van der Waals surface area contributed by atoms with Crippen LogP contribution in [0.4, 0.5) is 17.3 Å². The van der Waals surface area contributed by atoms with Crippen LogP contribution in [0.2, 0.25) is 0 Å². The second-order valence-electron chi connectivity index (χ2n) is 6.38. The minimum atomic E-state index is -0.656. The number of methoxy groups -OCH3 is 1. The number of nitro groups is 1. The van der Waals surface area contributed by atoms with Gasteiger partial charge in [-0.1, -0.05) is 6.07 Å². The second-order valence-corrected chi connectivity index (χ2v) is 6.38. The van der Waals surface area contributed by atoms with Crippen molar-refractivity contribution >= 4 is 23.3 Å². The Morgan fingerprint density at radius 1 is 1.37 bits per heavy atom. The maximum atomic E-state index is 11.6. The Hall–Kier alpha value is -3.23. The lowest BCUT2D eigenvalue weighted by atomic mass is 10.0. The van der Waals surface area contributed by atoms with Crippen molar-refractivity contribution in [1.29, 1.82) is 0 Å². The normalized spacial score (nSPS) is 14.7. The van der Waals surface area contributed by atoms with E-state index in [1.54, 1.807) is 0 Å². The average Bonchev–Trinajstić information content (AvgIpc) is 2.68. The van der Waals surface area contributed by atoms with Gasteiger partial charge in [0.05, 0.1) is 17.6 Å². The Bertz CT molecular complexity index is 849. The largest absolute Gasteiger partial charge is 0.465 e. The van der Waals surface area contributed by atoms with E-state index in [0.29, 0.717) is 0 Å². The molecule has 1 aliphatic heterocycles. The summed E-state index contributed by atoms with van der Waals surface area (Å²) in [5.41, 5.74) is 0.786. The number of hydrogen-bond donors (Lipinski definition) is 1. The van der Waals surface area contributed by atoms with Crippen molar-refractivity contribution in [3.05, 3.63) is 51.8 Å². The minimum absolute atomic E-state index is 0.0510. The molecule has 0 saturated carbocycles. The fourth-order valence-electron chi connectivity index (χ4n) is 3.08. The van der Waals surface area contributed by atoms with E-state index in [0.717, 1.165) is 37.4 Å². The summed E-state index contributed by atoms with van der Waals surface area (Å²) in [6.07, 6.45) is 2.88. The summed E-state index contributed by atoms with van der Waals surface area (Å²) in [6.45, 7) is 3.55. The highest BCUT2D eigenvalue weighted by atomic mass is 16.6. The molecule has 0 unspecified atom stereocenters. The molecule has 1 N–H and O–H groups in total. The molecule has 1 aliphatic rings. The van der Waals surface area contributed by atoms with Gasteiger partial charge in [-0.25, -0.2) is 14.8 Å². The molecule has 9 nitrogen and oxygen atoms in total. The van der Waals surface area contributed by atoms with Gasteiger partial charge in [0.25, 0.3) is 0 Å². The first-order valence-corrected chi connectivity index (χ1v) is 8.66. The third kappa shape index (κ3) is 4.30. The second kappa shape index (κ2) is 7.98. The van der Waals surface area contributed by atoms with Gasteiger partial charge in [-0.05, 0) is 31.9 Å². The Morgan fingerprint density at radius 2 is 2.11 bits per heavy atom. The minimum Gasteiger partial charge on any atom is -0.465 e. The maximum absolute atomic E-state index is 11.6. The van der Waals surface area contributed by atoms with Crippen LogP contribution in [0.25, 0.3) is 0 Å². The van der Waals surface area contributed by atoms with Gasteiger partial charge >= 0.3 is 11.7 Å². The van der Waals surface area contributed by atoms with Crippen molar-refractivity contribution in [1.82, 2.24) is 9.97 Å². The highest BCUT2D eigenvalue weighted by Crippen LogP contribution is 2.26. The number of piperidine rings is 1. The van der Waals surface area contributed by atoms with Crippen molar-refractivity contribution in [3.63, 3.8) is 0 Å². The fourth-order valence-corrected chi connectivity index (χ4v) is 3.08. The van der Waals surface area contributed by atoms with Crippen molar-refractivity contribution in [3.8, 4) is 0 Å². The lowest BCUT2D eigenvalue weighted by Gasteiger charge is -2.33. The van der Waals surface area contributed by atoms with E-state index in [2.05, 4.69) is 24.9 Å². The molecule has 0 aliphatic carbocycles. The van der Waals surface area contributed by atoms with E-state index in [1.165, 1.54) is 19.4 Å². The number of hydrogen-bond acceptors (Lipinski definition) is 8. The number of nitrogens with zero attached hydrogens (tertiary/aromatic N) is 4. The molecule has 9 heteroatoms. The third-order valence-electron chi connectivity index (χ3n) is 4.52. The molecule has 0 aromatic carbocycles. The van der Waals surface area contributed by atoms with E-state index < -0.39 is 10.9 Å². The summed E-state index contributed by atoms with van der Waals surface area (Å²) in [5.74, 6) is 0.455. The number of pyridine rings is 2. The van der Waals surface area contributed by atoms with Crippen LogP contribution in [0, 0.1) is 17.0 Å². The van der Waals surface area contributed by atoms with E-state index in [-0.39, 0.29) is 23.1 Å². The SMILES string of the molecule is COC(=O)c1cnc(NC2CCN(c3cccc(C)n3)CC2)c([N+](=O)[O-])c1. The molecule has 142 valence electrons. The highest BCUT2D eigenvalue weighted by Gasteiger charge is 2.25. The molecular formula is C18H21N5O4. The van der Waals surface area contributed by atoms with Gasteiger partial charge in [-0.3, -0.25) is 10.1 Å². The summed E-state index contributed by atoms with van der Waals surface area (Å²) in [6, 6.07) is 7.17. The Balaban J connectivity index is 1.68. The van der Waals surface area contributed by atoms with Gasteiger partial charge in [0, 0.05) is 37.1 Å². The summed E-state index contributed by atoms with van der Waals surface area (Å²) < 4.78 is 4.59. The number of anilines is 2. The maximum Gasteiger partial charge on any atom is 0.339 e. The van der Waals surface area contributed by atoms with Crippen LogP contribution in [-0.4, -0.2) is 47.1 Å². The first-order valence-electron chi connectivity index (χ1n) is 8.66. The molecule has 2 aromatic rings. The predicted molar refractivity (Wildman–Crippen MR) is 100 cm³/mol. The van der Waals surface area contributed by atoms with Gasteiger partial charge in [0.1, 0.15) is 5.82 Å². The molecule has 0 atom stereocenters. The third-order valence-corrected chi connectivity index (χ3v) is 4.52. The Kier molecular flexibility index (Phi) is 5.49. The number of nitrogens with one attached hydrogen (secondary N) is 1. The molecule has 0 spiro atoms. The lowest BCUT2D eigenvalue weighted by molar-refractivity contribution is -0.384. The highest BCUT2D eigenvalue weighted by molar-refractivity contribution is 5.90. The molecule has 3 heterocycles. The monoisotopic (exact) mass is 371 g/mol. The Morgan fingerprint density at radius 3 is 2.74 bits per heavy atom. The Labute approximate surface area is 156 Å². The quantitative estimate of drug-likeness (QED) is 0.485. The van der Waals surface area contributed by atoms with Crippen LogP contribution in [0.3, 0.4) is 0 Å². The topological polar surface area (TPSA) is 110 Å². The first-order chi connectivity index (χ1) is 13.0. The number of carbonyl (C=O) groups is 1. The van der Waals surface area contributed by atoms with E-state index in [4.69, 9.17) is 0 Å². The number of carbonyl (C=O) groups excluding carboxylic acids is 1. The molecule has 1 fully saturated rings. The fraction of sp³-hybridized carbons (Fsp3) is 0.389. The lowest BCUT2D eigenvalue weighted by Crippen LogP contribution is -2.39. The first kappa shape index (κ1) is 18.6. The molecule has 0 amide bonds. The van der Waals surface area contributed by atoms with Crippen LogP contribution in [0.1, 0.15) is 28.9 Å². The zero-order valence-electron chi connectivity index (χ0n) is 15.2. The predicted octanol–water partition coefficient (Wildman–Crippen LogP) is 2.56. The average molecular weight is 371 g/mol. The van der Waals surface area contributed by atoms with Crippen LogP contribution >= 0.6 is 0 Å². The molecule has 0 radical (unpaired) electrons. The zero-order chi connectivity index (χ0) is 19.4.